The molecule has 0 radical (unpaired) electrons. The Hall–Kier alpha value is -1.31. The molecule has 1 nitrogen and oxygen atoms in total. The van der Waals surface area contributed by atoms with Crippen molar-refractivity contribution in [2.24, 2.45) is 5.92 Å². The van der Waals surface area contributed by atoms with Gasteiger partial charge < -0.3 is 4.74 Å². The van der Waals surface area contributed by atoms with Gasteiger partial charge in [0.25, 0.3) is 0 Å². The minimum Gasteiger partial charge on any atom is -0.494 e. The summed E-state index contributed by atoms with van der Waals surface area (Å²) in [4.78, 5) is 0. The highest BCUT2D eigenvalue weighted by Crippen LogP contribution is 2.37. The van der Waals surface area contributed by atoms with E-state index in [1.165, 1.54) is 37.7 Å². The second-order valence-electron chi connectivity index (χ2n) is 6.09. The lowest BCUT2D eigenvalue weighted by atomic mass is 9.77. The van der Waals surface area contributed by atoms with Crippen molar-refractivity contribution in [2.75, 3.05) is 6.61 Å². The number of ether oxygens (including phenoxy) is 1. The van der Waals surface area contributed by atoms with Gasteiger partial charge in [0, 0.05) is 0 Å². The molecule has 0 amide bonds. The Morgan fingerprint density at radius 3 is 2.48 bits per heavy atom. The minimum absolute atomic E-state index is 0.667. The Morgan fingerprint density at radius 2 is 1.86 bits per heavy atom. The third-order valence-corrected chi connectivity index (χ3v) is 4.52. The van der Waals surface area contributed by atoms with E-state index in [4.69, 9.17) is 4.74 Å². The van der Waals surface area contributed by atoms with E-state index < -0.39 is 0 Å². The van der Waals surface area contributed by atoms with Crippen molar-refractivity contribution >= 4 is 0 Å². The molecule has 2 heteroatoms. The van der Waals surface area contributed by atoms with Gasteiger partial charge in [0.1, 0.15) is 5.75 Å². The normalized spacial score (nSPS) is 22.6. The molecule has 0 heterocycles. The second kappa shape index (κ2) is 8.86. The summed E-state index contributed by atoms with van der Waals surface area (Å²) < 4.78 is 17.8. The van der Waals surface area contributed by atoms with Crippen molar-refractivity contribution in [3.63, 3.8) is 0 Å². The highest BCUT2D eigenvalue weighted by atomic mass is 19.1. The van der Waals surface area contributed by atoms with Crippen LogP contribution in [0.1, 0.15) is 63.4 Å². The molecule has 21 heavy (non-hydrogen) atoms. The molecule has 116 valence electrons. The van der Waals surface area contributed by atoms with Gasteiger partial charge in [-0.05, 0) is 68.1 Å². The van der Waals surface area contributed by atoms with E-state index >= 15 is 0 Å². The Morgan fingerprint density at radius 1 is 1.14 bits per heavy atom. The largest absolute Gasteiger partial charge is 0.494 e. The number of benzene rings is 1. The first-order chi connectivity index (χ1) is 10.3. The second-order valence-corrected chi connectivity index (χ2v) is 6.09. The number of unbranched alkanes of at least 4 members (excludes halogenated alkanes) is 1. The van der Waals surface area contributed by atoms with Crippen molar-refractivity contribution in [1.82, 2.24) is 0 Å². The number of hydrogen-bond donors (Lipinski definition) is 0. The lowest BCUT2D eigenvalue weighted by Crippen LogP contribution is -2.12. The summed E-state index contributed by atoms with van der Waals surface area (Å²) in [6.45, 7) is 2.98. The molecular formula is C19H27FO. The maximum Gasteiger partial charge on any atom is 0.119 e. The molecule has 0 spiro atoms. The number of hydrogen-bond acceptors (Lipinski definition) is 1. The zero-order chi connectivity index (χ0) is 14.9. The number of halogens is 1. The molecule has 0 unspecified atom stereocenters. The van der Waals surface area contributed by atoms with Crippen molar-refractivity contribution in [3.05, 3.63) is 42.2 Å². The van der Waals surface area contributed by atoms with E-state index in [0.29, 0.717) is 18.2 Å². The van der Waals surface area contributed by atoms with E-state index in [-0.39, 0.29) is 0 Å². The Kier molecular flexibility index (Phi) is 6.78. The SMILES string of the molecule is CCCCOc1ccc([C@H]2CC[C@H](C/C=C/F)CC2)cc1. The fraction of sp³-hybridized carbons (Fsp3) is 0.579. The zero-order valence-electron chi connectivity index (χ0n) is 13.1. The van der Waals surface area contributed by atoms with Crippen LogP contribution in [0, 0.1) is 5.92 Å². The van der Waals surface area contributed by atoms with Crippen LogP contribution in [0.2, 0.25) is 0 Å². The molecule has 1 saturated carbocycles. The quantitative estimate of drug-likeness (QED) is 0.558. The fourth-order valence-corrected chi connectivity index (χ4v) is 3.15. The van der Waals surface area contributed by atoms with Crippen LogP contribution in [-0.2, 0) is 0 Å². The summed E-state index contributed by atoms with van der Waals surface area (Å²) in [5.41, 5.74) is 1.43. The summed E-state index contributed by atoms with van der Waals surface area (Å²) in [6.07, 6.45) is 10.4. The van der Waals surface area contributed by atoms with E-state index in [2.05, 4.69) is 31.2 Å². The van der Waals surface area contributed by atoms with Crippen LogP contribution in [0.5, 0.6) is 5.75 Å². The molecule has 0 aromatic heterocycles. The zero-order valence-corrected chi connectivity index (χ0v) is 13.1. The van der Waals surface area contributed by atoms with E-state index in [9.17, 15) is 4.39 Å². The summed E-state index contributed by atoms with van der Waals surface area (Å²) in [7, 11) is 0. The van der Waals surface area contributed by atoms with Gasteiger partial charge >= 0.3 is 0 Å². The molecular weight excluding hydrogens is 263 g/mol. The first kappa shape index (κ1) is 16.1. The molecule has 2 rings (SSSR count). The van der Waals surface area contributed by atoms with Gasteiger partial charge in [-0.15, -0.1) is 0 Å². The predicted octanol–water partition coefficient (Wildman–Crippen LogP) is 6.01. The van der Waals surface area contributed by atoms with Crippen LogP contribution in [0.25, 0.3) is 0 Å². The summed E-state index contributed by atoms with van der Waals surface area (Å²) >= 11 is 0. The van der Waals surface area contributed by atoms with E-state index in [1.54, 1.807) is 6.08 Å². The predicted molar refractivity (Wildman–Crippen MR) is 86.4 cm³/mol. The number of rotatable bonds is 7. The highest BCUT2D eigenvalue weighted by Gasteiger charge is 2.21. The molecule has 1 fully saturated rings. The average Bonchev–Trinajstić information content (AvgIpc) is 2.54. The average molecular weight is 290 g/mol. The van der Waals surface area contributed by atoms with E-state index in [1.807, 2.05) is 0 Å². The van der Waals surface area contributed by atoms with Gasteiger partial charge in [-0.2, -0.15) is 0 Å². The number of allylic oxidation sites excluding steroid dienone is 1. The smallest absolute Gasteiger partial charge is 0.119 e. The lowest BCUT2D eigenvalue weighted by molar-refractivity contribution is 0.308. The Balaban J connectivity index is 1.80. The van der Waals surface area contributed by atoms with Crippen LogP contribution < -0.4 is 4.74 Å². The van der Waals surface area contributed by atoms with Crippen molar-refractivity contribution in [1.29, 1.82) is 0 Å². The van der Waals surface area contributed by atoms with Gasteiger partial charge in [0.2, 0.25) is 0 Å². The van der Waals surface area contributed by atoms with Crippen LogP contribution in [0.4, 0.5) is 4.39 Å². The summed E-state index contributed by atoms with van der Waals surface area (Å²) in [5, 5.41) is 0. The standard InChI is InChI=1S/C19H27FO/c1-2-3-15-21-19-12-10-18(11-13-19)17-8-6-16(7-9-17)5-4-14-20/h4,10-14,16-17H,2-3,5-9,15H2,1H3/b14-4+/t16-,17-. The minimum atomic E-state index is 0.667. The Bertz CT molecular complexity index is 416. The Labute approximate surface area is 128 Å². The van der Waals surface area contributed by atoms with Gasteiger partial charge in [0.15, 0.2) is 0 Å². The molecule has 0 saturated heterocycles. The van der Waals surface area contributed by atoms with Gasteiger partial charge in [-0.25, -0.2) is 4.39 Å². The van der Waals surface area contributed by atoms with E-state index in [0.717, 1.165) is 25.2 Å². The molecule has 0 aliphatic heterocycles. The molecule has 1 aromatic rings. The van der Waals surface area contributed by atoms with Gasteiger partial charge in [0.05, 0.1) is 12.9 Å². The monoisotopic (exact) mass is 290 g/mol. The topological polar surface area (TPSA) is 9.23 Å². The molecule has 0 atom stereocenters. The van der Waals surface area contributed by atoms with Crippen LogP contribution in [-0.4, -0.2) is 6.61 Å². The summed E-state index contributed by atoms with van der Waals surface area (Å²) in [6, 6.07) is 8.63. The highest BCUT2D eigenvalue weighted by molar-refractivity contribution is 5.29. The maximum absolute atomic E-state index is 12.0. The van der Waals surface area contributed by atoms with Crippen LogP contribution in [0.3, 0.4) is 0 Å². The van der Waals surface area contributed by atoms with Crippen molar-refractivity contribution in [2.45, 2.75) is 57.8 Å². The first-order valence-corrected chi connectivity index (χ1v) is 8.31. The third kappa shape index (κ3) is 5.18. The van der Waals surface area contributed by atoms with Crippen molar-refractivity contribution in [3.8, 4) is 5.75 Å². The third-order valence-electron chi connectivity index (χ3n) is 4.52. The maximum atomic E-state index is 12.0. The van der Waals surface area contributed by atoms with Gasteiger partial charge in [-0.3, -0.25) is 0 Å². The van der Waals surface area contributed by atoms with Crippen LogP contribution >= 0.6 is 0 Å². The van der Waals surface area contributed by atoms with Gasteiger partial charge in [-0.1, -0.05) is 31.6 Å². The molecule has 1 aliphatic rings. The molecule has 1 aromatic carbocycles. The lowest BCUT2D eigenvalue weighted by Gasteiger charge is -2.28. The van der Waals surface area contributed by atoms with Crippen molar-refractivity contribution < 1.29 is 9.13 Å². The molecule has 1 aliphatic carbocycles. The molecule has 0 bridgehead atoms. The van der Waals surface area contributed by atoms with Crippen LogP contribution in [0.15, 0.2) is 36.7 Å². The summed E-state index contributed by atoms with van der Waals surface area (Å²) in [5.74, 6) is 2.32. The fourth-order valence-electron chi connectivity index (χ4n) is 3.15. The first-order valence-electron chi connectivity index (χ1n) is 8.31. The molecule has 0 N–H and O–H groups in total.